The Bertz CT molecular complexity index is 365. The zero-order chi connectivity index (χ0) is 20.5. The third kappa shape index (κ3) is 15.0. The van der Waals surface area contributed by atoms with Gasteiger partial charge in [-0.1, -0.05) is 138 Å². The van der Waals surface area contributed by atoms with Crippen molar-refractivity contribution in [3.8, 4) is 0 Å². The van der Waals surface area contributed by atoms with E-state index < -0.39 is 2.14 Å². The SMILES string of the molecule is O=CC(CCCCCCCCCCCCCCOC1CCCCC1)C(Br)(Br)Br. The van der Waals surface area contributed by atoms with Gasteiger partial charge in [0.15, 0.2) is 0 Å². The van der Waals surface area contributed by atoms with Crippen LogP contribution in [0.15, 0.2) is 0 Å². The molecule has 0 amide bonds. The van der Waals surface area contributed by atoms with Crippen LogP contribution in [-0.4, -0.2) is 21.1 Å². The Morgan fingerprint density at radius 3 is 1.68 bits per heavy atom. The summed E-state index contributed by atoms with van der Waals surface area (Å²) in [7, 11) is 0. The molecule has 0 bridgehead atoms. The molecule has 166 valence electrons. The number of hydrogen-bond acceptors (Lipinski definition) is 2. The highest BCUT2D eigenvalue weighted by atomic mass is 80.0. The van der Waals surface area contributed by atoms with Crippen LogP contribution in [-0.2, 0) is 9.53 Å². The second-order valence-corrected chi connectivity index (χ2v) is 15.4. The van der Waals surface area contributed by atoms with Crippen LogP contribution in [0.1, 0.15) is 116 Å². The summed E-state index contributed by atoms with van der Waals surface area (Å²) in [6, 6.07) is 0. The molecule has 1 saturated carbocycles. The summed E-state index contributed by atoms with van der Waals surface area (Å²) >= 11 is 10.4. The lowest BCUT2D eigenvalue weighted by Crippen LogP contribution is -2.18. The lowest BCUT2D eigenvalue weighted by Gasteiger charge is -2.21. The first-order chi connectivity index (χ1) is 13.5. The molecule has 0 aliphatic heterocycles. The van der Waals surface area contributed by atoms with Crippen molar-refractivity contribution in [3.05, 3.63) is 0 Å². The first kappa shape index (κ1) is 27.1. The number of carbonyl (C=O) groups is 1. The average molecular weight is 589 g/mol. The van der Waals surface area contributed by atoms with Crippen LogP contribution in [0.3, 0.4) is 0 Å². The van der Waals surface area contributed by atoms with Gasteiger partial charge in [-0.15, -0.1) is 0 Å². The number of ether oxygens (including phenoxy) is 1. The molecule has 28 heavy (non-hydrogen) atoms. The Balaban J connectivity index is 1.75. The number of alkyl halides is 3. The Kier molecular flexibility index (Phi) is 17.2. The lowest BCUT2D eigenvalue weighted by molar-refractivity contribution is -0.110. The maximum Gasteiger partial charge on any atom is 0.144 e. The summed E-state index contributed by atoms with van der Waals surface area (Å²) < 4.78 is 5.56. The third-order valence-corrected chi connectivity index (χ3v) is 7.66. The van der Waals surface area contributed by atoms with Crippen LogP contribution in [0.2, 0.25) is 0 Å². The van der Waals surface area contributed by atoms with Crippen LogP contribution >= 0.6 is 47.8 Å². The number of halogens is 3. The number of unbranched alkanes of at least 4 members (excludes halogenated alkanes) is 11. The van der Waals surface area contributed by atoms with Crippen molar-refractivity contribution in [3.63, 3.8) is 0 Å². The van der Waals surface area contributed by atoms with E-state index in [0.29, 0.717) is 6.10 Å². The molecule has 5 heteroatoms. The molecule has 1 atom stereocenters. The zero-order valence-electron chi connectivity index (χ0n) is 17.6. The molecule has 1 fully saturated rings. The van der Waals surface area contributed by atoms with E-state index in [0.717, 1.165) is 25.7 Å². The van der Waals surface area contributed by atoms with E-state index in [9.17, 15) is 4.79 Å². The molecular weight excluding hydrogens is 548 g/mol. The summed E-state index contributed by atoms with van der Waals surface area (Å²) in [6.07, 6.45) is 25.2. The van der Waals surface area contributed by atoms with Gasteiger partial charge in [0.05, 0.1) is 6.10 Å². The quantitative estimate of drug-likeness (QED) is 0.0962. The number of aldehydes is 1. The number of carbonyl (C=O) groups excluding carboxylic acids is 1. The van der Waals surface area contributed by atoms with E-state index in [1.54, 1.807) is 0 Å². The Labute approximate surface area is 199 Å². The minimum Gasteiger partial charge on any atom is -0.378 e. The van der Waals surface area contributed by atoms with Gasteiger partial charge in [-0.25, -0.2) is 0 Å². The van der Waals surface area contributed by atoms with E-state index in [4.69, 9.17) is 4.74 Å². The average Bonchev–Trinajstić information content (AvgIpc) is 2.67. The van der Waals surface area contributed by atoms with Crippen LogP contribution < -0.4 is 0 Å². The zero-order valence-corrected chi connectivity index (χ0v) is 22.4. The molecule has 1 aliphatic carbocycles. The van der Waals surface area contributed by atoms with Crippen LogP contribution in [0, 0.1) is 5.92 Å². The fourth-order valence-corrected chi connectivity index (χ4v) is 5.04. The Hall–Kier alpha value is 1.07. The van der Waals surface area contributed by atoms with Crippen LogP contribution in [0.5, 0.6) is 0 Å². The van der Waals surface area contributed by atoms with Crippen molar-refractivity contribution >= 4 is 54.1 Å². The smallest absolute Gasteiger partial charge is 0.144 e. The molecule has 0 N–H and O–H groups in total. The van der Waals surface area contributed by atoms with Crippen molar-refractivity contribution in [2.45, 2.75) is 124 Å². The van der Waals surface area contributed by atoms with E-state index in [2.05, 4.69) is 47.8 Å². The van der Waals surface area contributed by atoms with Crippen molar-refractivity contribution in [2.24, 2.45) is 5.92 Å². The van der Waals surface area contributed by atoms with Gasteiger partial charge < -0.3 is 9.53 Å². The standard InChI is InChI=1S/C23H41Br3O2/c24-23(25,26)21(20-27)16-12-9-7-5-3-1-2-4-6-8-10-15-19-28-22-17-13-11-14-18-22/h20-22H,1-19H2. The van der Waals surface area contributed by atoms with E-state index in [-0.39, 0.29) is 5.92 Å². The fourth-order valence-electron chi connectivity index (χ4n) is 4.02. The van der Waals surface area contributed by atoms with Crippen LogP contribution in [0.25, 0.3) is 0 Å². The minimum atomic E-state index is -0.433. The molecule has 1 aliphatic rings. The summed E-state index contributed by atoms with van der Waals surface area (Å²) in [5.41, 5.74) is 0. The number of rotatable bonds is 17. The third-order valence-electron chi connectivity index (χ3n) is 5.90. The van der Waals surface area contributed by atoms with E-state index >= 15 is 0 Å². The van der Waals surface area contributed by atoms with Gasteiger partial charge in [0, 0.05) is 12.5 Å². The van der Waals surface area contributed by atoms with Gasteiger partial charge >= 0.3 is 0 Å². The fraction of sp³-hybridized carbons (Fsp3) is 0.957. The lowest BCUT2D eigenvalue weighted by atomic mass is 9.98. The van der Waals surface area contributed by atoms with Gasteiger partial charge in [0.2, 0.25) is 0 Å². The van der Waals surface area contributed by atoms with Crippen LogP contribution in [0.4, 0.5) is 0 Å². The summed E-state index contributed by atoms with van der Waals surface area (Å²) in [4.78, 5) is 11.1. The molecule has 0 heterocycles. The molecule has 0 saturated heterocycles. The molecule has 1 unspecified atom stereocenters. The number of hydrogen-bond donors (Lipinski definition) is 0. The van der Waals surface area contributed by atoms with Gasteiger partial charge in [0.1, 0.15) is 8.43 Å². The normalized spacial score (nSPS) is 17.0. The second-order valence-electron chi connectivity index (χ2n) is 8.45. The molecule has 0 aromatic rings. The predicted octanol–water partition coefficient (Wildman–Crippen LogP) is 9.06. The molecule has 0 spiro atoms. The summed E-state index contributed by atoms with van der Waals surface area (Å²) in [6.45, 7) is 0.986. The van der Waals surface area contributed by atoms with Gasteiger partial charge in [-0.2, -0.15) is 0 Å². The van der Waals surface area contributed by atoms with Crippen molar-refractivity contribution in [1.82, 2.24) is 0 Å². The van der Waals surface area contributed by atoms with Crippen molar-refractivity contribution in [1.29, 1.82) is 0 Å². The molecule has 0 aromatic carbocycles. The first-order valence-electron chi connectivity index (χ1n) is 11.7. The highest BCUT2D eigenvalue weighted by Crippen LogP contribution is 2.42. The topological polar surface area (TPSA) is 26.3 Å². The second kappa shape index (κ2) is 17.7. The van der Waals surface area contributed by atoms with Crippen molar-refractivity contribution in [2.75, 3.05) is 6.61 Å². The first-order valence-corrected chi connectivity index (χ1v) is 14.1. The predicted molar refractivity (Wildman–Crippen MR) is 132 cm³/mol. The molecule has 1 rings (SSSR count). The highest BCUT2D eigenvalue weighted by molar-refractivity contribution is 9.39. The largest absolute Gasteiger partial charge is 0.378 e. The Morgan fingerprint density at radius 1 is 0.750 bits per heavy atom. The maximum atomic E-state index is 11.1. The highest BCUT2D eigenvalue weighted by Gasteiger charge is 2.29. The van der Waals surface area contributed by atoms with Gasteiger partial charge in [0.25, 0.3) is 0 Å². The van der Waals surface area contributed by atoms with E-state index in [1.807, 2.05) is 0 Å². The van der Waals surface area contributed by atoms with E-state index in [1.165, 1.54) is 103 Å². The molecule has 2 nitrogen and oxygen atoms in total. The van der Waals surface area contributed by atoms with Gasteiger partial charge in [-0.05, 0) is 25.7 Å². The van der Waals surface area contributed by atoms with Gasteiger partial charge in [-0.3, -0.25) is 0 Å². The summed E-state index contributed by atoms with van der Waals surface area (Å²) in [5, 5.41) is 0. The molecular formula is C23H41Br3O2. The maximum absolute atomic E-state index is 11.1. The molecule has 0 radical (unpaired) electrons. The van der Waals surface area contributed by atoms with Crippen molar-refractivity contribution < 1.29 is 9.53 Å². The Morgan fingerprint density at radius 2 is 1.21 bits per heavy atom. The minimum absolute atomic E-state index is 0.0219. The summed E-state index contributed by atoms with van der Waals surface area (Å²) in [5.74, 6) is -0.0219. The molecule has 0 aromatic heterocycles. The monoisotopic (exact) mass is 586 g/mol.